The summed E-state index contributed by atoms with van der Waals surface area (Å²) in [6, 6.07) is 0. The first-order valence-corrected chi connectivity index (χ1v) is 3.96. The van der Waals surface area contributed by atoms with Gasteiger partial charge in [0.15, 0.2) is 0 Å². The molecule has 2 rings (SSSR count). The molecule has 0 radical (unpaired) electrons. The fourth-order valence-corrected chi connectivity index (χ4v) is 1.46. The molecule has 1 saturated heterocycles. The Balaban J connectivity index is 1.80. The van der Waals surface area contributed by atoms with Crippen molar-refractivity contribution in [3.63, 3.8) is 0 Å². The lowest BCUT2D eigenvalue weighted by Gasteiger charge is -2.44. The van der Waals surface area contributed by atoms with Gasteiger partial charge in [0.1, 0.15) is 0 Å². The molecule has 2 heteroatoms. The lowest BCUT2D eigenvalue weighted by atomic mass is 9.87. The molecule has 0 amide bonds. The number of hydrogen-bond donors (Lipinski definition) is 0. The van der Waals surface area contributed by atoms with E-state index in [9.17, 15) is 5.21 Å². The van der Waals surface area contributed by atoms with Gasteiger partial charge in [-0.3, -0.25) is 0 Å². The number of allylic oxidation sites excluding steroid dienone is 1. The molecule has 56 valence electrons. The highest BCUT2D eigenvalue weighted by Gasteiger charge is 2.19. The molecule has 0 aromatic heterocycles. The molecule has 0 atom stereocenters. The third kappa shape index (κ3) is 1.09. The zero-order chi connectivity index (χ0) is 6.97. The average molecular weight is 138 g/mol. The van der Waals surface area contributed by atoms with E-state index in [1.807, 2.05) is 0 Å². The second kappa shape index (κ2) is 2.36. The second-order valence-electron chi connectivity index (χ2n) is 3.29. The number of hydroxylamine groups is 2. The van der Waals surface area contributed by atoms with Gasteiger partial charge in [-0.1, -0.05) is 11.6 Å². The lowest BCUT2D eigenvalue weighted by molar-refractivity contribution is 0.198. The highest BCUT2D eigenvalue weighted by molar-refractivity contribution is 5.13. The summed E-state index contributed by atoms with van der Waals surface area (Å²) in [7, 11) is 0. The molecule has 1 aliphatic heterocycles. The van der Waals surface area contributed by atoms with Crippen molar-refractivity contribution in [2.24, 2.45) is 5.92 Å². The van der Waals surface area contributed by atoms with Gasteiger partial charge < -0.3 is 10.3 Å². The third-order valence-corrected chi connectivity index (χ3v) is 2.34. The molecule has 0 spiro atoms. The second-order valence-corrected chi connectivity index (χ2v) is 3.29. The van der Waals surface area contributed by atoms with Crippen LogP contribution in [0.15, 0.2) is 11.6 Å². The van der Waals surface area contributed by atoms with Crippen LogP contribution < -0.4 is 0 Å². The summed E-state index contributed by atoms with van der Waals surface area (Å²) < 4.78 is 0. The Bertz CT molecular complexity index is 153. The summed E-state index contributed by atoms with van der Waals surface area (Å²) in [5, 5.41) is 11.6. The van der Waals surface area contributed by atoms with Gasteiger partial charge >= 0.3 is 0 Å². The average Bonchev–Trinajstić information content (AvgIpc) is 1.72. The third-order valence-electron chi connectivity index (χ3n) is 2.34. The van der Waals surface area contributed by atoms with Gasteiger partial charge in [0.25, 0.3) is 0 Å². The van der Waals surface area contributed by atoms with Gasteiger partial charge in [-0.2, -0.15) is 0 Å². The molecule has 10 heavy (non-hydrogen) atoms. The van der Waals surface area contributed by atoms with Crippen molar-refractivity contribution in [3.8, 4) is 0 Å². The zero-order valence-corrected chi connectivity index (χ0v) is 6.05. The SMILES string of the molecule is [O-]N1CC(C=C2CCC2)C1. The first kappa shape index (κ1) is 6.38. The largest absolute Gasteiger partial charge is 0.785 e. The standard InChI is InChI=1S/C8H12NO/c10-9-5-8(6-9)4-7-2-1-3-7/h4,8H,1-3,5-6H2/q-1. The van der Waals surface area contributed by atoms with E-state index in [2.05, 4.69) is 6.08 Å². The number of hydrogen-bond acceptors (Lipinski definition) is 2. The summed E-state index contributed by atoms with van der Waals surface area (Å²) in [5.74, 6) is 0.591. The Labute approximate surface area is 61.1 Å². The van der Waals surface area contributed by atoms with Gasteiger partial charge in [0, 0.05) is 5.92 Å². The Morgan fingerprint density at radius 2 is 2.10 bits per heavy atom. The topological polar surface area (TPSA) is 26.3 Å². The van der Waals surface area contributed by atoms with Crippen LogP contribution >= 0.6 is 0 Å². The molecule has 1 heterocycles. The first-order valence-electron chi connectivity index (χ1n) is 3.96. The maximum atomic E-state index is 10.5. The highest BCUT2D eigenvalue weighted by Crippen LogP contribution is 2.28. The summed E-state index contributed by atoms with van der Waals surface area (Å²) in [6.45, 7) is 1.48. The monoisotopic (exact) mass is 138 g/mol. The molecule has 2 fully saturated rings. The number of nitrogens with zero attached hydrogens (tertiary/aromatic N) is 1. The van der Waals surface area contributed by atoms with Gasteiger partial charge in [0.05, 0.1) is 0 Å². The zero-order valence-electron chi connectivity index (χ0n) is 6.05. The van der Waals surface area contributed by atoms with Crippen molar-refractivity contribution in [1.82, 2.24) is 5.06 Å². The van der Waals surface area contributed by atoms with E-state index < -0.39 is 0 Å². The molecule has 0 N–H and O–H groups in total. The fourth-order valence-electron chi connectivity index (χ4n) is 1.46. The first-order chi connectivity index (χ1) is 4.84. The van der Waals surface area contributed by atoms with Crippen molar-refractivity contribution < 1.29 is 0 Å². The van der Waals surface area contributed by atoms with E-state index in [0.29, 0.717) is 5.92 Å². The molecule has 0 bridgehead atoms. The van der Waals surface area contributed by atoms with Crippen molar-refractivity contribution in [2.75, 3.05) is 13.1 Å². The molecule has 1 aliphatic carbocycles. The highest BCUT2D eigenvalue weighted by atomic mass is 16.5. The normalized spacial score (nSPS) is 27.5. The van der Waals surface area contributed by atoms with E-state index in [1.54, 1.807) is 5.57 Å². The Morgan fingerprint density at radius 3 is 2.50 bits per heavy atom. The van der Waals surface area contributed by atoms with Gasteiger partial charge in [-0.05, 0) is 32.4 Å². The van der Waals surface area contributed by atoms with E-state index in [-0.39, 0.29) is 0 Å². The van der Waals surface area contributed by atoms with Crippen molar-refractivity contribution in [3.05, 3.63) is 16.9 Å². The minimum atomic E-state index is 0.591. The van der Waals surface area contributed by atoms with E-state index in [0.717, 1.165) is 18.2 Å². The Kier molecular flexibility index (Phi) is 1.51. The smallest absolute Gasteiger partial charge is 0.000614 e. The van der Waals surface area contributed by atoms with Crippen LogP contribution in [0.2, 0.25) is 0 Å². The summed E-state index contributed by atoms with van der Waals surface area (Å²) in [4.78, 5) is 0. The van der Waals surface area contributed by atoms with Crippen molar-refractivity contribution >= 4 is 0 Å². The Hall–Kier alpha value is -0.340. The van der Waals surface area contributed by atoms with E-state index in [4.69, 9.17) is 0 Å². The molecule has 1 saturated carbocycles. The van der Waals surface area contributed by atoms with E-state index >= 15 is 0 Å². The quantitative estimate of drug-likeness (QED) is 0.513. The molecule has 0 aromatic carbocycles. The minimum Gasteiger partial charge on any atom is -0.785 e. The van der Waals surface area contributed by atoms with Crippen LogP contribution in [0.4, 0.5) is 0 Å². The molecule has 2 aliphatic rings. The summed E-state index contributed by atoms with van der Waals surface area (Å²) in [5.41, 5.74) is 1.58. The van der Waals surface area contributed by atoms with Crippen LogP contribution in [0.1, 0.15) is 19.3 Å². The molecular formula is C8H12NO-. The maximum Gasteiger partial charge on any atom is 0.000614 e. The molecular weight excluding hydrogens is 126 g/mol. The van der Waals surface area contributed by atoms with Crippen LogP contribution in [0.3, 0.4) is 0 Å². The predicted molar refractivity (Wildman–Crippen MR) is 40.4 cm³/mol. The van der Waals surface area contributed by atoms with Crippen LogP contribution in [-0.4, -0.2) is 18.2 Å². The van der Waals surface area contributed by atoms with Gasteiger partial charge in [0.2, 0.25) is 0 Å². The van der Waals surface area contributed by atoms with Crippen LogP contribution in [-0.2, 0) is 0 Å². The summed E-state index contributed by atoms with van der Waals surface area (Å²) in [6.07, 6.45) is 6.24. The predicted octanol–water partition coefficient (Wildman–Crippen LogP) is 1.53. The summed E-state index contributed by atoms with van der Waals surface area (Å²) >= 11 is 0. The van der Waals surface area contributed by atoms with Crippen molar-refractivity contribution in [1.29, 1.82) is 0 Å². The Morgan fingerprint density at radius 1 is 1.40 bits per heavy atom. The lowest BCUT2D eigenvalue weighted by Crippen LogP contribution is -2.41. The van der Waals surface area contributed by atoms with Gasteiger partial charge in [-0.25, -0.2) is 0 Å². The molecule has 0 unspecified atom stereocenters. The molecule has 2 nitrogen and oxygen atoms in total. The van der Waals surface area contributed by atoms with Crippen LogP contribution in [0, 0.1) is 11.1 Å². The maximum absolute atomic E-state index is 10.5. The minimum absolute atomic E-state index is 0.591. The number of rotatable bonds is 1. The van der Waals surface area contributed by atoms with Gasteiger partial charge in [-0.15, -0.1) is 0 Å². The molecule has 0 aromatic rings. The van der Waals surface area contributed by atoms with Crippen LogP contribution in [0.25, 0.3) is 0 Å². The van der Waals surface area contributed by atoms with E-state index in [1.165, 1.54) is 19.3 Å². The van der Waals surface area contributed by atoms with Crippen molar-refractivity contribution in [2.45, 2.75) is 19.3 Å². The fraction of sp³-hybridized carbons (Fsp3) is 0.750. The van der Waals surface area contributed by atoms with Crippen LogP contribution in [0.5, 0.6) is 0 Å².